The molecule has 3 aliphatic rings. The Bertz CT molecular complexity index is 804. The molecule has 3 aliphatic carbocycles. The normalized spacial score (nSPS) is 38.9. The number of methoxy groups -OCH3 is 1. The van der Waals surface area contributed by atoms with Gasteiger partial charge in [-0.3, -0.25) is 14.4 Å². The Morgan fingerprint density at radius 1 is 1.19 bits per heavy atom. The molecule has 0 bridgehead atoms. The van der Waals surface area contributed by atoms with Crippen molar-refractivity contribution in [1.29, 1.82) is 0 Å². The van der Waals surface area contributed by atoms with Crippen LogP contribution in [-0.4, -0.2) is 50.8 Å². The van der Waals surface area contributed by atoms with Gasteiger partial charge in [0.15, 0.2) is 0 Å². The molecule has 3 saturated carbocycles. The van der Waals surface area contributed by atoms with Crippen molar-refractivity contribution in [3.8, 4) is 0 Å². The van der Waals surface area contributed by atoms with E-state index in [1.165, 1.54) is 13.2 Å². The maximum Gasteiger partial charge on any atom is 0.330 e. The number of carbonyl (C=O) groups is 4. The lowest BCUT2D eigenvalue weighted by Crippen LogP contribution is -2.63. The fourth-order valence-electron chi connectivity index (χ4n) is 6.71. The smallest absolute Gasteiger partial charge is 0.330 e. The van der Waals surface area contributed by atoms with Crippen molar-refractivity contribution in [3.05, 3.63) is 11.6 Å². The fraction of sp³-hybridized carbons (Fsp3) is 0.750. The second-order valence-electron chi connectivity index (χ2n) is 9.88. The number of nitrogens with one attached hydrogen (secondary N) is 1. The van der Waals surface area contributed by atoms with Gasteiger partial charge in [-0.05, 0) is 56.9 Å². The summed E-state index contributed by atoms with van der Waals surface area (Å²) in [6, 6.07) is 0. The van der Waals surface area contributed by atoms with Crippen LogP contribution < -0.4 is 5.32 Å². The van der Waals surface area contributed by atoms with Crippen molar-refractivity contribution in [1.82, 2.24) is 5.32 Å². The first-order valence-electron chi connectivity index (χ1n) is 11.3. The molecule has 0 saturated heterocycles. The van der Waals surface area contributed by atoms with Gasteiger partial charge in [0, 0.05) is 24.5 Å². The number of esters is 2. The molecule has 0 amide bonds. The summed E-state index contributed by atoms with van der Waals surface area (Å²) in [5.74, 6) is -2.98. The largest absolute Gasteiger partial charge is 0.469 e. The molecule has 0 radical (unpaired) electrons. The van der Waals surface area contributed by atoms with E-state index in [-0.39, 0.29) is 18.4 Å². The number of carbonyl (C=O) groups excluding carboxylic acids is 4. The maximum atomic E-state index is 13.4. The highest BCUT2D eigenvalue weighted by Crippen LogP contribution is 2.63. The number of likely N-dealkylation sites (N-methyl/N-ethyl adjacent to an activating group) is 1. The average Bonchev–Trinajstić information content (AvgIpc) is 2.73. The van der Waals surface area contributed by atoms with Crippen LogP contribution in [-0.2, 0) is 28.7 Å². The lowest BCUT2D eigenvalue weighted by Gasteiger charge is -2.59. The highest BCUT2D eigenvalue weighted by Gasteiger charge is 2.66. The molecule has 3 rings (SSSR count). The number of allylic oxidation sites excluding steroid dienone is 1. The van der Waals surface area contributed by atoms with E-state index in [9.17, 15) is 19.2 Å². The fourth-order valence-corrected chi connectivity index (χ4v) is 6.71. The third kappa shape index (κ3) is 3.86. The number of ketones is 2. The van der Waals surface area contributed by atoms with Crippen LogP contribution in [0.15, 0.2) is 11.6 Å². The summed E-state index contributed by atoms with van der Waals surface area (Å²) < 4.78 is 10.3. The summed E-state index contributed by atoms with van der Waals surface area (Å²) >= 11 is 0. The van der Waals surface area contributed by atoms with E-state index < -0.39 is 46.2 Å². The zero-order valence-corrected chi connectivity index (χ0v) is 19.3. The minimum Gasteiger partial charge on any atom is -0.469 e. The summed E-state index contributed by atoms with van der Waals surface area (Å²) in [5, 5.41) is 2.92. The molecule has 7 heteroatoms. The number of Topliss-reactive ketones (excluding diaryl/α,β-unsaturated/α-hetero) is 2. The molecule has 0 aromatic heterocycles. The Balaban J connectivity index is 1.91. The molecular formula is C24H35NO6. The summed E-state index contributed by atoms with van der Waals surface area (Å²) in [6.07, 6.45) is 5.08. The number of hydrogen-bond donors (Lipinski definition) is 1. The monoisotopic (exact) mass is 433 g/mol. The van der Waals surface area contributed by atoms with Gasteiger partial charge in [0.25, 0.3) is 0 Å². The van der Waals surface area contributed by atoms with Gasteiger partial charge in [-0.2, -0.15) is 0 Å². The van der Waals surface area contributed by atoms with Crippen LogP contribution in [0.2, 0.25) is 0 Å². The van der Waals surface area contributed by atoms with Crippen molar-refractivity contribution < 1.29 is 28.7 Å². The van der Waals surface area contributed by atoms with Crippen molar-refractivity contribution in [2.24, 2.45) is 34.5 Å². The van der Waals surface area contributed by atoms with Crippen molar-refractivity contribution in [2.75, 3.05) is 27.3 Å². The van der Waals surface area contributed by atoms with E-state index in [1.807, 2.05) is 6.92 Å². The van der Waals surface area contributed by atoms with Gasteiger partial charge in [0.05, 0.1) is 12.5 Å². The molecular weight excluding hydrogens is 398 g/mol. The summed E-state index contributed by atoms with van der Waals surface area (Å²) in [7, 11) is 3.12. The predicted molar refractivity (Wildman–Crippen MR) is 114 cm³/mol. The number of ether oxygens (including phenoxy) is 2. The van der Waals surface area contributed by atoms with Gasteiger partial charge >= 0.3 is 11.9 Å². The quantitative estimate of drug-likeness (QED) is 0.308. The molecule has 1 N–H and O–H groups in total. The number of rotatable bonds is 5. The second-order valence-corrected chi connectivity index (χ2v) is 9.88. The first-order chi connectivity index (χ1) is 14.6. The highest BCUT2D eigenvalue weighted by atomic mass is 16.5. The molecule has 172 valence electrons. The lowest BCUT2D eigenvalue weighted by atomic mass is 9.42. The molecule has 0 aliphatic heterocycles. The topological polar surface area (TPSA) is 98.8 Å². The van der Waals surface area contributed by atoms with Gasteiger partial charge in [-0.1, -0.05) is 25.8 Å². The molecule has 6 atom stereocenters. The van der Waals surface area contributed by atoms with Crippen LogP contribution in [0.5, 0.6) is 0 Å². The minimum atomic E-state index is -0.976. The Kier molecular flexibility index (Phi) is 6.75. The van der Waals surface area contributed by atoms with Crippen LogP contribution in [0, 0.1) is 34.5 Å². The van der Waals surface area contributed by atoms with E-state index in [0.717, 1.165) is 18.4 Å². The zero-order chi connectivity index (χ0) is 23.0. The van der Waals surface area contributed by atoms with E-state index in [0.29, 0.717) is 25.8 Å². The van der Waals surface area contributed by atoms with E-state index in [2.05, 4.69) is 12.2 Å². The third-order valence-electron chi connectivity index (χ3n) is 8.22. The average molecular weight is 434 g/mol. The Hall–Kier alpha value is -2.02. The second kappa shape index (κ2) is 8.85. The van der Waals surface area contributed by atoms with Crippen LogP contribution in [0.4, 0.5) is 0 Å². The lowest BCUT2D eigenvalue weighted by molar-refractivity contribution is -0.183. The van der Waals surface area contributed by atoms with Crippen molar-refractivity contribution in [3.63, 3.8) is 0 Å². The Morgan fingerprint density at radius 3 is 2.55 bits per heavy atom. The van der Waals surface area contributed by atoms with Crippen molar-refractivity contribution >= 4 is 23.5 Å². The SMILES string of the molecule is CNCCOC(=O)/C=C1\CC[C@H]2[C@H](C(=O)C(=O)[C@@H]3[C@]2(C)CCC[C@]3(C)C(=O)OC)[C@H]1C. The standard InChI is InChI=1S/C24H35NO6/c1-14-15(13-17(26)31-12-11-25-4)7-8-16-18(14)19(27)20(28)21-23(16,2)9-6-10-24(21,3)22(29)30-5/h13-14,16,18,21,25H,6-12H2,1-5H3/b15-13+/t14-,16-,18+,21+,23+,24-/m0/s1. The van der Waals surface area contributed by atoms with Gasteiger partial charge < -0.3 is 14.8 Å². The maximum absolute atomic E-state index is 13.4. The first kappa shape index (κ1) is 23.6. The molecule has 0 unspecified atom stereocenters. The van der Waals surface area contributed by atoms with Gasteiger partial charge in [-0.15, -0.1) is 0 Å². The number of hydrogen-bond acceptors (Lipinski definition) is 7. The Morgan fingerprint density at radius 2 is 1.90 bits per heavy atom. The summed E-state index contributed by atoms with van der Waals surface area (Å²) in [6.45, 7) is 6.64. The van der Waals surface area contributed by atoms with E-state index >= 15 is 0 Å². The third-order valence-corrected chi connectivity index (χ3v) is 8.22. The molecule has 3 fully saturated rings. The summed E-state index contributed by atoms with van der Waals surface area (Å²) in [4.78, 5) is 51.7. The van der Waals surface area contributed by atoms with Crippen molar-refractivity contribution in [2.45, 2.75) is 52.9 Å². The predicted octanol–water partition coefficient (Wildman–Crippen LogP) is 2.48. The van der Waals surface area contributed by atoms with Crippen LogP contribution in [0.25, 0.3) is 0 Å². The summed E-state index contributed by atoms with van der Waals surface area (Å²) in [5.41, 5.74) is -0.551. The van der Waals surface area contributed by atoms with Crippen LogP contribution in [0.1, 0.15) is 52.9 Å². The van der Waals surface area contributed by atoms with Gasteiger partial charge in [0.1, 0.15) is 6.61 Å². The molecule has 0 spiro atoms. The minimum absolute atomic E-state index is 0.000516. The van der Waals surface area contributed by atoms with E-state index in [4.69, 9.17) is 9.47 Å². The molecule has 31 heavy (non-hydrogen) atoms. The molecule has 0 heterocycles. The van der Waals surface area contributed by atoms with E-state index in [1.54, 1.807) is 14.0 Å². The number of fused-ring (bicyclic) bond motifs is 3. The molecule has 0 aromatic carbocycles. The molecule has 0 aromatic rings. The molecule has 7 nitrogen and oxygen atoms in total. The Labute approximate surface area is 184 Å². The zero-order valence-electron chi connectivity index (χ0n) is 19.3. The highest BCUT2D eigenvalue weighted by molar-refractivity contribution is 6.40. The van der Waals surface area contributed by atoms with Gasteiger partial charge in [0.2, 0.25) is 11.6 Å². The van der Waals surface area contributed by atoms with Crippen LogP contribution in [0.3, 0.4) is 0 Å². The first-order valence-corrected chi connectivity index (χ1v) is 11.3. The van der Waals surface area contributed by atoms with Gasteiger partial charge in [-0.25, -0.2) is 4.79 Å². The van der Waals surface area contributed by atoms with Crippen LogP contribution >= 0.6 is 0 Å².